The normalized spacial score (nSPS) is 16.7. The van der Waals surface area contributed by atoms with Crippen molar-refractivity contribution in [2.75, 3.05) is 0 Å². The molecular weight excluding hydrogens is 289 g/mol. The van der Waals surface area contributed by atoms with Crippen LogP contribution in [0.2, 0.25) is 0 Å². The lowest BCUT2D eigenvalue weighted by molar-refractivity contribution is 0.550. The molecule has 21 heavy (non-hydrogen) atoms. The van der Waals surface area contributed by atoms with Gasteiger partial charge in [0.25, 0.3) is 0 Å². The summed E-state index contributed by atoms with van der Waals surface area (Å²) in [6.07, 6.45) is 1.45. The van der Waals surface area contributed by atoms with E-state index in [9.17, 15) is 12.8 Å². The molecule has 1 fully saturated rings. The molecule has 0 radical (unpaired) electrons. The van der Waals surface area contributed by atoms with E-state index in [1.54, 1.807) is 43.3 Å². The molecule has 3 rings (SSSR count). The monoisotopic (exact) mass is 305 g/mol. The topological polar surface area (TPSA) is 46.2 Å². The highest BCUT2D eigenvalue weighted by molar-refractivity contribution is 7.89. The third-order valence-electron chi connectivity index (χ3n) is 3.86. The van der Waals surface area contributed by atoms with Gasteiger partial charge in [0.05, 0.1) is 10.4 Å². The van der Waals surface area contributed by atoms with Gasteiger partial charge in [-0.05, 0) is 49.1 Å². The van der Waals surface area contributed by atoms with Crippen LogP contribution in [-0.4, -0.2) is 8.42 Å². The molecule has 110 valence electrons. The van der Waals surface area contributed by atoms with Crippen molar-refractivity contribution in [3.8, 4) is 0 Å². The average molecular weight is 305 g/mol. The van der Waals surface area contributed by atoms with E-state index in [4.69, 9.17) is 0 Å². The predicted octanol–water partition coefficient (Wildman–Crippen LogP) is 3.10. The zero-order valence-corrected chi connectivity index (χ0v) is 12.5. The predicted molar refractivity (Wildman–Crippen MR) is 78.8 cm³/mol. The van der Waals surface area contributed by atoms with Gasteiger partial charge < -0.3 is 0 Å². The Morgan fingerprint density at radius 3 is 2.24 bits per heavy atom. The second kappa shape index (κ2) is 4.93. The van der Waals surface area contributed by atoms with Crippen molar-refractivity contribution >= 4 is 10.0 Å². The Hall–Kier alpha value is -1.72. The minimum absolute atomic E-state index is 0.290. The minimum atomic E-state index is -3.59. The molecular formula is C16H16FNO2S. The Morgan fingerprint density at radius 1 is 1.05 bits per heavy atom. The summed E-state index contributed by atoms with van der Waals surface area (Å²) in [6, 6.07) is 12.9. The maximum atomic E-state index is 13.0. The Morgan fingerprint density at radius 2 is 1.67 bits per heavy atom. The Balaban J connectivity index is 1.93. The van der Waals surface area contributed by atoms with E-state index in [0.717, 1.165) is 18.4 Å². The maximum Gasteiger partial charge on any atom is 0.241 e. The number of sulfonamides is 1. The highest BCUT2D eigenvalue weighted by Crippen LogP contribution is 2.46. The highest BCUT2D eigenvalue weighted by Gasteiger charge is 2.47. The third kappa shape index (κ3) is 2.71. The summed E-state index contributed by atoms with van der Waals surface area (Å²) < 4.78 is 40.9. The number of aryl methyl sites for hydroxylation is 1. The third-order valence-corrected chi connectivity index (χ3v) is 5.56. The number of hydrogen-bond donors (Lipinski definition) is 1. The van der Waals surface area contributed by atoms with Crippen LogP contribution in [0.1, 0.15) is 24.0 Å². The van der Waals surface area contributed by atoms with Crippen molar-refractivity contribution in [3.05, 3.63) is 65.5 Å². The SMILES string of the molecule is Cc1ccccc1S(=O)(=O)NC1(c2ccc(F)cc2)CC1. The van der Waals surface area contributed by atoms with Crippen LogP contribution in [0.15, 0.2) is 53.4 Å². The van der Waals surface area contributed by atoms with E-state index >= 15 is 0 Å². The van der Waals surface area contributed by atoms with E-state index in [-0.39, 0.29) is 5.82 Å². The van der Waals surface area contributed by atoms with Gasteiger partial charge >= 0.3 is 0 Å². The molecule has 0 aromatic heterocycles. The van der Waals surface area contributed by atoms with Crippen molar-refractivity contribution in [3.63, 3.8) is 0 Å². The van der Waals surface area contributed by atoms with Gasteiger partial charge in [0.1, 0.15) is 5.82 Å². The Bertz CT molecular complexity index is 765. The molecule has 0 atom stereocenters. The molecule has 3 nitrogen and oxygen atoms in total. The quantitative estimate of drug-likeness (QED) is 0.943. The molecule has 0 spiro atoms. The highest BCUT2D eigenvalue weighted by atomic mass is 32.2. The summed E-state index contributed by atoms with van der Waals surface area (Å²) in [4.78, 5) is 0.290. The molecule has 1 aliphatic carbocycles. The standard InChI is InChI=1S/C16H16FNO2S/c1-12-4-2-3-5-15(12)21(19,20)18-16(10-11-16)13-6-8-14(17)9-7-13/h2-9,18H,10-11H2,1H3. The first-order valence-electron chi connectivity index (χ1n) is 6.79. The van der Waals surface area contributed by atoms with Crippen molar-refractivity contribution < 1.29 is 12.8 Å². The summed E-state index contributed by atoms with van der Waals surface area (Å²) in [5.41, 5.74) is 0.926. The van der Waals surface area contributed by atoms with E-state index in [1.807, 2.05) is 0 Å². The molecule has 0 heterocycles. The van der Waals surface area contributed by atoms with Gasteiger partial charge in [-0.2, -0.15) is 0 Å². The first-order chi connectivity index (χ1) is 9.93. The maximum absolute atomic E-state index is 13.0. The second-order valence-corrected chi connectivity index (χ2v) is 7.11. The molecule has 0 amide bonds. The van der Waals surface area contributed by atoms with Gasteiger partial charge in [-0.25, -0.2) is 17.5 Å². The zero-order chi connectivity index (χ0) is 15.1. The van der Waals surface area contributed by atoms with Crippen LogP contribution >= 0.6 is 0 Å². The van der Waals surface area contributed by atoms with Gasteiger partial charge in [0.15, 0.2) is 0 Å². The molecule has 0 unspecified atom stereocenters. The molecule has 2 aromatic carbocycles. The number of hydrogen-bond acceptors (Lipinski definition) is 2. The molecule has 2 aromatic rings. The van der Waals surface area contributed by atoms with Crippen LogP contribution in [0.4, 0.5) is 4.39 Å². The second-order valence-electron chi connectivity index (χ2n) is 5.46. The van der Waals surface area contributed by atoms with Crippen LogP contribution in [0.25, 0.3) is 0 Å². The number of halogens is 1. The lowest BCUT2D eigenvalue weighted by Crippen LogP contribution is -2.35. The number of rotatable bonds is 4. The fourth-order valence-electron chi connectivity index (χ4n) is 2.51. The fraction of sp³-hybridized carbons (Fsp3) is 0.250. The van der Waals surface area contributed by atoms with Crippen LogP contribution in [-0.2, 0) is 15.6 Å². The average Bonchev–Trinajstić information content (AvgIpc) is 3.19. The smallest absolute Gasteiger partial charge is 0.207 e. The van der Waals surface area contributed by atoms with E-state index in [2.05, 4.69) is 4.72 Å². The van der Waals surface area contributed by atoms with Gasteiger partial charge in [0, 0.05) is 0 Å². The molecule has 1 saturated carbocycles. The lowest BCUT2D eigenvalue weighted by Gasteiger charge is -2.19. The van der Waals surface area contributed by atoms with Gasteiger partial charge in [-0.1, -0.05) is 30.3 Å². The van der Waals surface area contributed by atoms with Gasteiger partial charge in [-0.3, -0.25) is 0 Å². The summed E-state index contributed by atoms with van der Waals surface area (Å²) in [5.74, 6) is -0.323. The first kappa shape index (κ1) is 14.2. The van der Waals surface area contributed by atoms with E-state index in [1.165, 1.54) is 12.1 Å². The summed E-state index contributed by atoms with van der Waals surface area (Å²) in [6.45, 7) is 1.77. The van der Waals surface area contributed by atoms with Gasteiger partial charge in [0.2, 0.25) is 10.0 Å². The molecule has 0 saturated heterocycles. The minimum Gasteiger partial charge on any atom is -0.207 e. The van der Waals surface area contributed by atoms with Crippen molar-refractivity contribution in [1.29, 1.82) is 0 Å². The summed E-state index contributed by atoms with van der Waals surface area (Å²) >= 11 is 0. The lowest BCUT2D eigenvalue weighted by atomic mass is 10.1. The summed E-state index contributed by atoms with van der Waals surface area (Å²) in [7, 11) is -3.59. The van der Waals surface area contributed by atoms with Crippen LogP contribution in [0, 0.1) is 12.7 Å². The summed E-state index contributed by atoms with van der Waals surface area (Å²) in [5, 5.41) is 0. The van der Waals surface area contributed by atoms with Crippen molar-refractivity contribution in [2.24, 2.45) is 0 Å². The Labute approximate surface area is 123 Å². The van der Waals surface area contributed by atoms with E-state index < -0.39 is 15.6 Å². The van der Waals surface area contributed by atoms with Gasteiger partial charge in [-0.15, -0.1) is 0 Å². The number of benzene rings is 2. The van der Waals surface area contributed by atoms with Crippen LogP contribution in [0.5, 0.6) is 0 Å². The van der Waals surface area contributed by atoms with Crippen molar-refractivity contribution in [1.82, 2.24) is 4.72 Å². The molecule has 0 bridgehead atoms. The molecule has 5 heteroatoms. The molecule has 1 N–H and O–H groups in total. The molecule has 1 aliphatic rings. The Kier molecular flexibility index (Phi) is 3.34. The van der Waals surface area contributed by atoms with Crippen molar-refractivity contribution in [2.45, 2.75) is 30.2 Å². The molecule has 0 aliphatic heterocycles. The number of nitrogens with one attached hydrogen (secondary N) is 1. The zero-order valence-electron chi connectivity index (χ0n) is 11.6. The fourth-order valence-corrected chi connectivity index (χ4v) is 4.21. The largest absolute Gasteiger partial charge is 0.241 e. The first-order valence-corrected chi connectivity index (χ1v) is 8.27. The van der Waals surface area contributed by atoms with Crippen LogP contribution in [0.3, 0.4) is 0 Å². The van der Waals surface area contributed by atoms with E-state index in [0.29, 0.717) is 10.5 Å². The van der Waals surface area contributed by atoms with Crippen LogP contribution < -0.4 is 4.72 Å².